The van der Waals surface area contributed by atoms with Crippen LogP contribution in [0.1, 0.15) is 81.8 Å². The van der Waals surface area contributed by atoms with Gasteiger partial charge in [0.2, 0.25) is 0 Å². The summed E-state index contributed by atoms with van der Waals surface area (Å²) in [6.07, 6.45) is 12.5. The predicted molar refractivity (Wildman–Crippen MR) is 102 cm³/mol. The maximum absolute atomic E-state index is 9.02. The molecule has 1 heteroatoms. The first-order valence-corrected chi connectivity index (χ1v) is 9.74. The van der Waals surface area contributed by atoms with Gasteiger partial charge in [0.05, 0.1) is 11.6 Å². The van der Waals surface area contributed by atoms with E-state index >= 15 is 0 Å². The number of nitrogens with zero attached hydrogens (tertiary/aromatic N) is 1. The summed E-state index contributed by atoms with van der Waals surface area (Å²) < 4.78 is 0. The maximum atomic E-state index is 9.02. The van der Waals surface area contributed by atoms with Crippen LogP contribution in [0.15, 0.2) is 36.4 Å². The molecule has 0 unspecified atom stereocenters. The predicted octanol–water partition coefficient (Wildman–Crippen LogP) is 6.96. The summed E-state index contributed by atoms with van der Waals surface area (Å²) in [5.74, 6) is 1.70. The number of unbranched alkanes of at least 4 members (excludes halogenated alkanes) is 3. The number of fused-ring (bicyclic) bond motifs is 1. The number of nitriles is 1. The van der Waals surface area contributed by atoms with Gasteiger partial charge in [-0.1, -0.05) is 63.3 Å². The van der Waals surface area contributed by atoms with Gasteiger partial charge in [-0.2, -0.15) is 5.26 Å². The number of benzene rings is 2. The van der Waals surface area contributed by atoms with Crippen LogP contribution in [0.2, 0.25) is 0 Å². The smallest absolute Gasteiger partial charge is 0.0991 e. The van der Waals surface area contributed by atoms with Gasteiger partial charge in [0.15, 0.2) is 0 Å². The van der Waals surface area contributed by atoms with Gasteiger partial charge in [-0.15, -0.1) is 0 Å². The second-order valence-electron chi connectivity index (χ2n) is 7.50. The third-order valence-electron chi connectivity index (χ3n) is 5.78. The fourth-order valence-electron chi connectivity index (χ4n) is 4.23. The van der Waals surface area contributed by atoms with Crippen LogP contribution < -0.4 is 0 Å². The molecule has 1 nitrogen and oxygen atoms in total. The fraction of sp³-hybridized carbons (Fsp3) is 0.522. The highest BCUT2D eigenvalue weighted by Crippen LogP contribution is 2.38. The summed E-state index contributed by atoms with van der Waals surface area (Å²) in [5, 5.41) is 11.5. The molecule has 3 rings (SSSR count). The van der Waals surface area contributed by atoms with Gasteiger partial charge in [-0.3, -0.25) is 0 Å². The van der Waals surface area contributed by atoms with Crippen LogP contribution in [-0.2, 0) is 0 Å². The van der Waals surface area contributed by atoms with Gasteiger partial charge in [0, 0.05) is 0 Å². The van der Waals surface area contributed by atoms with E-state index < -0.39 is 0 Å². The highest BCUT2D eigenvalue weighted by Gasteiger charge is 2.22. The van der Waals surface area contributed by atoms with Gasteiger partial charge in [0.1, 0.15) is 0 Å². The van der Waals surface area contributed by atoms with Gasteiger partial charge in [0.25, 0.3) is 0 Å². The van der Waals surface area contributed by atoms with Crippen molar-refractivity contribution in [3.63, 3.8) is 0 Å². The van der Waals surface area contributed by atoms with E-state index in [-0.39, 0.29) is 0 Å². The molecule has 0 heterocycles. The molecule has 0 saturated heterocycles. The zero-order valence-electron chi connectivity index (χ0n) is 14.9. The quantitative estimate of drug-likeness (QED) is 0.528. The largest absolute Gasteiger partial charge is 0.192 e. The number of hydrogen-bond donors (Lipinski definition) is 0. The molecule has 1 aliphatic carbocycles. The minimum absolute atomic E-state index is 0.733. The van der Waals surface area contributed by atoms with Crippen LogP contribution in [0, 0.1) is 17.2 Å². The Kier molecular flexibility index (Phi) is 5.91. The lowest BCUT2D eigenvalue weighted by molar-refractivity contribution is 0.302. The molecule has 24 heavy (non-hydrogen) atoms. The van der Waals surface area contributed by atoms with Crippen molar-refractivity contribution in [1.29, 1.82) is 5.26 Å². The van der Waals surface area contributed by atoms with Gasteiger partial charge in [-0.05, 0) is 66.0 Å². The minimum Gasteiger partial charge on any atom is -0.192 e. The van der Waals surface area contributed by atoms with Crippen molar-refractivity contribution >= 4 is 10.8 Å². The van der Waals surface area contributed by atoms with E-state index in [0.29, 0.717) is 0 Å². The van der Waals surface area contributed by atoms with E-state index in [0.717, 1.165) is 17.4 Å². The molecule has 0 N–H and O–H groups in total. The average Bonchev–Trinajstić information content (AvgIpc) is 2.65. The third kappa shape index (κ3) is 4.18. The molecule has 0 aliphatic heterocycles. The summed E-state index contributed by atoms with van der Waals surface area (Å²) in [5.41, 5.74) is 2.25. The van der Waals surface area contributed by atoms with Crippen molar-refractivity contribution in [1.82, 2.24) is 0 Å². The van der Waals surface area contributed by atoms with Crippen LogP contribution in [0.25, 0.3) is 10.8 Å². The van der Waals surface area contributed by atoms with Crippen LogP contribution in [-0.4, -0.2) is 0 Å². The Morgan fingerprint density at radius 2 is 1.67 bits per heavy atom. The van der Waals surface area contributed by atoms with E-state index in [1.54, 1.807) is 0 Å². The zero-order valence-corrected chi connectivity index (χ0v) is 14.9. The Labute approximate surface area is 146 Å². The first kappa shape index (κ1) is 17.0. The summed E-state index contributed by atoms with van der Waals surface area (Å²) in [7, 11) is 0. The molecule has 1 fully saturated rings. The summed E-state index contributed by atoms with van der Waals surface area (Å²) >= 11 is 0. The van der Waals surface area contributed by atoms with Crippen molar-refractivity contribution in [2.75, 3.05) is 0 Å². The first-order chi connectivity index (χ1) is 11.8. The molecule has 0 aromatic heterocycles. The Bertz CT molecular complexity index is 702. The lowest BCUT2D eigenvalue weighted by Gasteiger charge is -2.29. The van der Waals surface area contributed by atoms with Crippen molar-refractivity contribution in [3.05, 3.63) is 47.5 Å². The van der Waals surface area contributed by atoms with Crippen molar-refractivity contribution in [3.8, 4) is 6.07 Å². The Hall–Kier alpha value is -1.81. The normalized spacial score (nSPS) is 20.8. The van der Waals surface area contributed by atoms with Crippen LogP contribution in [0.4, 0.5) is 0 Å². The third-order valence-corrected chi connectivity index (χ3v) is 5.78. The topological polar surface area (TPSA) is 23.8 Å². The fourth-order valence-corrected chi connectivity index (χ4v) is 4.23. The van der Waals surface area contributed by atoms with Crippen molar-refractivity contribution < 1.29 is 0 Å². The zero-order chi connectivity index (χ0) is 16.8. The van der Waals surface area contributed by atoms with Crippen molar-refractivity contribution in [2.24, 2.45) is 5.92 Å². The van der Waals surface area contributed by atoms with Crippen molar-refractivity contribution in [2.45, 2.75) is 70.6 Å². The Morgan fingerprint density at radius 3 is 2.42 bits per heavy atom. The average molecular weight is 319 g/mol. The molecule has 1 aliphatic rings. The van der Waals surface area contributed by atoms with E-state index in [1.165, 1.54) is 74.1 Å². The van der Waals surface area contributed by atoms with Gasteiger partial charge < -0.3 is 0 Å². The monoisotopic (exact) mass is 319 g/mol. The minimum atomic E-state index is 0.733. The molecule has 0 spiro atoms. The molecular weight excluding hydrogens is 290 g/mol. The van der Waals surface area contributed by atoms with Gasteiger partial charge >= 0.3 is 0 Å². The van der Waals surface area contributed by atoms with Crippen LogP contribution >= 0.6 is 0 Å². The molecule has 0 bridgehead atoms. The molecule has 126 valence electrons. The molecule has 0 atom stereocenters. The van der Waals surface area contributed by atoms with E-state index in [4.69, 9.17) is 5.26 Å². The van der Waals surface area contributed by atoms with Crippen LogP contribution in [0.5, 0.6) is 0 Å². The first-order valence-electron chi connectivity index (χ1n) is 9.74. The molecule has 0 amide bonds. The molecular formula is C23H29N. The Balaban J connectivity index is 1.58. The number of hydrogen-bond acceptors (Lipinski definition) is 1. The molecule has 1 saturated carbocycles. The van der Waals surface area contributed by atoms with Crippen LogP contribution in [0.3, 0.4) is 0 Å². The summed E-state index contributed by atoms with van der Waals surface area (Å²) in [4.78, 5) is 0. The number of rotatable bonds is 6. The Morgan fingerprint density at radius 1 is 0.917 bits per heavy atom. The van der Waals surface area contributed by atoms with Gasteiger partial charge in [-0.25, -0.2) is 0 Å². The highest BCUT2D eigenvalue weighted by molar-refractivity contribution is 5.84. The van der Waals surface area contributed by atoms with E-state index in [9.17, 15) is 0 Å². The SMILES string of the molecule is CCCCCCC1CCC(c2ccc3cc(C#N)ccc3c2)CC1. The maximum Gasteiger partial charge on any atom is 0.0991 e. The second-order valence-corrected chi connectivity index (χ2v) is 7.50. The molecule has 2 aromatic carbocycles. The highest BCUT2D eigenvalue weighted by atomic mass is 14.3. The standard InChI is InChI=1S/C23H29N/c1-2-3-4-5-6-18-7-10-20(11-8-18)22-14-13-21-15-19(17-24)9-12-23(21)16-22/h9,12-16,18,20H,2-8,10-11H2,1H3. The summed E-state index contributed by atoms with van der Waals surface area (Å²) in [6.45, 7) is 2.29. The molecule has 0 radical (unpaired) electrons. The van der Waals surface area contributed by atoms with E-state index in [2.05, 4.69) is 37.3 Å². The lowest BCUT2D eigenvalue weighted by atomic mass is 9.76. The lowest BCUT2D eigenvalue weighted by Crippen LogP contribution is -2.13. The molecule has 2 aromatic rings. The van der Waals surface area contributed by atoms with E-state index in [1.807, 2.05) is 12.1 Å². The summed E-state index contributed by atoms with van der Waals surface area (Å²) in [6, 6.07) is 15.1. The second kappa shape index (κ2) is 8.34.